The lowest BCUT2D eigenvalue weighted by Gasteiger charge is -2.16. The van der Waals surface area contributed by atoms with Crippen LogP contribution in [0.5, 0.6) is 0 Å². The molecule has 0 spiro atoms. The van der Waals surface area contributed by atoms with E-state index in [1.165, 1.54) is 11.8 Å². The molecule has 0 aliphatic carbocycles. The van der Waals surface area contributed by atoms with Gasteiger partial charge in [-0.15, -0.1) is 0 Å². The van der Waals surface area contributed by atoms with Crippen LogP contribution in [0.1, 0.15) is 5.56 Å². The summed E-state index contributed by atoms with van der Waals surface area (Å²) >= 11 is 7.79. The number of nitrogens with zero attached hydrogens (tertiary/aromatic N) is 2. The van der Waals surface area contributed by atoms with Crippen LogP contribution in [-0.4, -0.2) is 16.3 Å². The van der Waals surface area contributed by atoms with Gasteiger partial charge in [-0.25, -0.2) is 4.99 Å². The van der Waals surface area contributed by atoms with Gasteiger partial charge in [0, 0.05) is 5.02 Å². The van der Waals surface area contributed by atoms with E-state index in [1.54, 1.807) is 4.90 Å². The Bertz CT molecular complexity index is 976. The van der Waals surface area contributed by atoms with Crippen LogP contribution in [0.3, 0.4) is 0 Å². The summed E-state index contributed by atoms with van der Waals surface area (Å²) in [5.74, 6) is 0.0285. The number of carbonyl (C=O) groups is 1. The van der Waals surface area contributed by atoms with E-state index in [9.17, 15) is 4.79 Å². The van der Waals surface area contributed by atoms with E-state index in [-0.39, 0.29) is 11.2 Å². The zero-order chi connectivity index (χ0) is 18.6. The number of hydrogen-bond donors (Lipinski definition) is 0. The van der Waals surface area contributed by atoms with Crippen LogP contribution in [-0.2, 0) is 11.2 Å². The third-order valence-electron chi connectivity index (χ3n) is 4.29. The highest BCUT2D eigenvalue weighted by Gasteiger charge is 2.39. The third-order valence-corrected chi connectivity index (χ3v) is 5.80. The standard InChI is InChI=1S/C22H17ClN2OS/c23-19-14-8-7-9-16(19)15-20-21(26)25(18-12-5-2-6-13-18)22(27-20)24-17-10-3-1-4-11-17/h1-14,20H,15H2/t20-/m0/s1. The molecule has 0 saturated carbocycles. The van der Waals surface area contributed by atoms with Gasteiger partial charge in [-0.1, -0.05) is 78.0 Å². The molecule has 0 radical (unpaired) electrons. The van der Waals surface area contributed by atoms with Crippen molar-refractivity contribution in [1.82, 2.24) is 0 Å². The smallest absolute Gasteiger partial charge is 0.247 e. The van der Waals surface area contributed by atoms with Crippen molar-refractivity contribution in [2.75, 3.05) is 4.90 Å². The Balaban J connectivity index is 1.69. The molecule has 4 rings (SSSR count). The van der Waals surface area contributed by atoms with Crippen LogP contribution in [0.25, 0.3) is 0 Å². The monoisotopic (exact) mass is 392 g/mol. The number of halogens is 1. The largest absolute Gasteiger partial charge is 0.273 e. The number of anilines is 1. The molecule has 3 aromatic rings. The number of amidine groups is 1. The zero-order valence-corrected chi connectivity index (χ0v) is 16.0. The molecule has 5 heteroatoms. The van der Waals surface area contributed by atoms with E-state index in [0.717, 1.165) is 16.9 Å². The fraction of sp³-hybridized carbons (Fsp3) is 0.0909. The maximum atomic E-state index is 13.2. The number of rotatable bonds is 4. The first-order chi connectivity index (χ1) is 13.2. The minimum atomic E-state index is -0.257. The molecule has 0 bridgehead atoms. The van der Waals surface area contributed by atoms with Crippen molar-refractivity contribution in [3.63, 3.8) is 0 Å². The molecule has 1 saturated heterocycles. The van der Waals surface area contributed by atoms with Crippen LogP contribution in [0.4, 0.5) is 11.4 Å². The first-order valence-corrected chi connectivity index (χ1v) is 9.91. The van der Waals surface area contributed by atoms with E-state index in [4.69, 9.17) is 16.6 Å². The number of amides is 1. The maximum absolute atomic E-state index is 13.2. The van der Waals surface area contributed by atoms with Gasteiger partial charge in [0.2, 0.25) is 5.91 Å². The predicted molar refractivity (Wildman–Crippen MR) is 114 cm³/mol. The molecular formula is C22H17ClN2OS. The molecule has 3 aromatic carbocycles. The molecule has 1 heterocycles. The summed E-state index contributed by atoms with van der Waals surface area (Å²) in [4.78, 5) is 19.6. The average molecular weight is 393 g/mol. The lowest BCUT2D eigenvalue weighted by Crippen LogP contribution is -2.32. The Morgan fingerprint density at radius 3 is 2.22 bits per heavy atom. The van der Waals surface area contributed by atoms with E-state index in [0.29, 0.717) is 16.6 Å². The van der Waals surface area contributed by atoms with Gasteiger partial charge in [0.15, 0.2) is 5.17 Å². The molecule has 1 aliphatic heterocycles. The zero-order valence-electron chi connectivity index (χ0n) is 14.5. The van der Waals surface area contributed by atoms with Crippen molar-refractivity contribution in [2.24, 2.45) is 4.99 Å². The highest BCUT2D eigenvalue weighted by molar-refractivity contribution is 8.16. The highest BCUT2D eigenvalue weighted by Crippen LogP contribution is 2.36. The molecule has 134 valence electrons. The van der Waals surface area contributed by atoms with Crippen molar-refractivity contribution >= 4 is 45.8 Å². The predicted octanol–water partition coefficient (Wildman–Crippen LogP) is 5.72. The Morgan fingerprint density at radius 2 is 1.52 bits per heavy atom. The number of thioether (sulfide) groups is 1. The van der Waals surface area contributed by atoms with E-state index in [2.05, 4.69) is 0 Å². The second kappa shape index (κ2) is 7.99. The van der Waals surface area contributed by atoms with Crippen molar-refractivity contribution in [1.29, 1.82) is 0 Å². The van der Waals surface area contributed by atoms with Crippen LogP contribution in [0.2, 0.25) is 5.02 Å². The first kappa shape index (κ1) is 17.8. The molecule has 27 heavy (non-hydrogen) atoms. The van der Waals surface area contributed by atoms with Crippen molar-refractivity contribution in [2.45, 2.75) is 11.7 Å². The van der Waals surface area contributed by atoms with Gasteiger partial charge in [0.05, 0.1) is 16.6 Å². The van der Waals surface area contributed by atoms with Crippen molar-refractivity contribution < 1.29 is 4.79 Å². The summed E-state index contributed by atoms with van der Waals surface area (Å²) in [6.07, 6.45) is 0.570. The molecule has 1 amide bonds. The minimum Gasteiger partial charge on any atom is -0.273 e. The number of hydrogen-bond acceptors (Lipinski definition) is 3. The number of aliphatic imine (C=N–C) groups is 1. The molecule has 0 aromatic heterocycles. The Morgan fingerprint density at radius 1 is 0.889 bits per heavy atom. The second-order valence-corrected chi connectivity index (χ2v) is 7.72. The van der Waals surface area contributed by atoms with Gasteiger partial charge in [-0.3, -0.25) is 9.69 Å². The van der Waals surface area contributed by atoms with Crippen LogP contribution >= 0.6 is 23.4 Å². The highest BCUT2D eigenvalue weighted by atomic mass is 35.5. The van der Waals surface area contributed by atoms with Gasteiger partial charge in [-0.2, -0.15) is 0 Å². The Hall–Kier alpha value is -2.56. The summed E-state index contributed by atoms with van der Waals surface area (Å²) in [5, 5.41) is 1.12. The van der Waals surface area contributed by atoms with Crippen LogP contribution in [0, 0.1) is 0 Å². The molecule has 3 nitrogen and oxygen atoms in total. The molecular weight excluding hydrogens is 376 g/mol. The van der Waals surface area contributed by atoms with Gasteiger partial charge in [0.25, 0.3) is 0 Å². The maximum Gasteiger partial charge on any atom is 0.247 e. The summed E-state index contributed by atoms with van der Waals surface area (Å²) in [5.41, 5.74) is 2.62. The normalized spacial score (nSPS) is 18.3. The SMILES string of the molecule is O=C1[C@H](Cc2ccccc2Cl)SC(=Nc2ccccc2)N1c1ccccc1. The van der Waals surface area contributed by atoms with E-state index in [1.807, 2.05) is 84.9 Å². The lowest BCUT2D eigenvalue weighted by atomic mass is 10.1. The summed E-state index contributed by atoms with van der Waals surface area (Å²) in [6, 6.07) is 27.0. The summed E-state index contributed by atoms with van der Waals surface area (Å²) in [6.45, 7) is 0. The molecule has 0 unspecified atom stereocenters. The quantitative estimate of drug-likeness (QED) is 0.568. The average Bonchev–Trinajstić information content (AvgIpc) is 3.00. The van der Waals surface area contributed by atoms with Crippen LogP contribution in [0.15, 0.2) is 89.9 Å². The van der Waals surface area contributed by atoms with Gasteiger partial charge in [0.1, 0.15) is 0 Å². The third kappa shape index (κ3) is 3.92. The van der Waals surface area contributed by atoms with Gasteiger partial charge < -0.3 is 0 Å². The molecule has 0 N–H and O–H groups in total. The fourth-order valence-electron chi connectivity index (χ4n) is 2.97. The van der Waals surface area contributed by atoms with Crippen molar-refractivity contribution in [3.8, 4) is 0 Å². The minimum absolute atomic E-state index is 0.0285. The number of para-hydroxylation sites is 2. The summed E-state index contributed by atoms with van der Waals surface area (Å²) in [7, 11) is 0. The van der Waals surface area contributed by atoms with Crippen LogP contribution < -0.4 is 4.90 Å². The van der Waals surface area contributed by atoms with E-state index >= 15 is 0 Å². The lowest BCUT2D eigenvalue weighted by molar-refractivity contribution is -0.116. The Kier molecular flexibility index (Phi) is 5.28. The fourth-order valence-corrected chi connectivity index (χ4v) is 4.36. The van der Waals surface area contributed by atoms with Gasteiger partial charge >= 0.3 is 0 Å². The Labute approximate surface area is 167 Å². The van der Waals surface area contributed by atoms with E-state index < -0.39 is 0 Å². The molecule has 1 aliphatic rings. The topological polar surface area (TPSA) is 32.7 Å². The molecule has 1 fully saturated rings. The van der Waals surface area contributed by atoms with Gasteiger partial charge in [-0.05, 0) is 42.3 Å². The second-order valence-electron chi connectivity index (χ2n) is 6.14. The number of carbonyl (C=O) groups excluding carboxylic acids is 1. The van der Waals surface area contributed by atoms with Crippen molar-refractivity contribution in [3.05, 3.63) is 95.5 Å². The number of benzene rings is 3. The first-order valence-electron chi connectivity index (χ1n) is 8.65. The summed E-state index contributed by atoms with van der Waals surface area (Å²) < 4.78 is 0. The molecule has 1 atom stereocenters.